The van der Waals surface area contributed by atoms with Crippen molar-refractivity contribution in [3.63, 3.8) is 0 Å². The van der Waals surface area contributed by atoms with E-state index in [0.717, 1.165) is 53.3 Å². The third-order valence-electron chi connectivity index (χ3n) is 5.62. The zero-order valence-electron chi connectivity index (χ0n) is 15.1. The van der Waals surface area contributed by atoms with E-state index in [-0.39, 0.29) is 18.6 Å². The average molecular weight is 329 g/mol. The van der Waals surface area contributed by atoms with Crippen LogP contribution in [0.5, 0.6) is 0 Å². The molecule has 0 saturated heterocycles. The zero-order chi connectivity index (χ0) is 17.4. The summed E-state index contributed by atoms with van der Waals surface area (Å²) in [5.41, 5.74) is 3.96. The Bertz CT molecular complexity index is 754. The topological polar surface area (TPSA) is 53.7 Å². The minimum Gasteiger partial charge on any atom is -0.450 e. The summed E-state index contributed by atoms with van der Waals surface area (Å²) in [5.74, 6) is 0.826. The van der Waals surface area contributed by atoms with Gasteiger partial charge in [-0.05, 0) is 63.5 Å². The Hall–Kier alpha value is -1.81. The van der Waals surface area contributed by atoms with Crippen molar-refractivity contribution in [2.24, 2.45) is 5.92 Å². The van der Waals surface area contributed by atoms with Crippen molar-refractivity contribution in [3.8, 4) is 0 Å². The molecule has 4 nitrogen and oxygen atoms in total. The highest BCUT2D eigenvalue weighted by atomic mass is 16.3. The number of aliphatic hydroxyl groups excluding tert-OH is 1. The third kappa shape index (κ3) is 2.84. The van der Waals surface area contributed by atoms with Crippen LogP contribution >= 0.6 is 0 Å². The molecular formula is C20H27NO3. The molecule has 1 heterocycles. The minimum absolute atomic E-state index is 0.0325. The van der Waals surface area contributed by atoms with E-state index in [0.29, 0.717) is 11.7 Å². The summed E-state index contributed by atoms with van der Waals surface area (Å²) in [7, 11) is 1.87. The van der Waals surface area contributed by atoms with Gasteiger partial charge in [-0.2, -0.15) is 0 Å². The Morgan fingerprint density at radius 2 is 1.79 bits per heavy atom. The lowest BCUT2D eigenvalue weighted by molar-refractivity contribution is 0.0623. The summed E-state index contributed by atoms with van der Waals surface area (Å²) in [6.07, 6.45) is 3.86. The van der Waals surface area contributed by atoms with Gasteiger partial charge in [0, 0.05) is 30.6 Å². The fourth-order valence-corrected chi connectivity index (χ4v) is 3.92. The molecule has 4 heteroatoms. The van der Waals surface area contributed by atoms with Crippen molar-refractivity contribution in [3.05, 3.63) is 34.6 Å². The maximum Gasteiger partial charge on any atom is 0.289 e. The van der Waals surface area contributed by atoms with Gasteiger partial charge in [0.25, 0.3) is 5.91 Å². The fourth-order valence-electron chi connectivity index (χ4n) is 3.92. The molecule has 2 aromatic rings. The van der Waals surface area contributed by atoms with E-state index in [1.165, 1.54) is 0 Å². The molecule has 0 unspecified atom stereocenters. The van der Waals surface area contributed by atoms with Gasteiger partial charge in [-0.3, -0.25) is 4.79 Å². The van der Waals surface area contributed by atoms with Crippen molar-refractivity contribution in [2.75, 3.05) is 13.7 Å². The molecule has 0 atom stereocenters. The smallest absolute Gasteiger partial charge is 0.289 e. The van der Waals surface area contributed by atoms with E-state index >= 15 is 0 Å². The van der Waals surface area contributed by atoms with Gasteiger partial charge in [0.15, 0.2) is 5.76 Å². The van der Waals surface area contributed by atoms with Gasteiger partial charge >= 0.3 is 0 Å². The van der Waals surface area contributed by atoms with Crippen molar-refractivity contribution in [1.29, 1.82) is 0 Å². The number of carbonyl (C=O) groups is 1. The van der Waals surface area contributed by atoms with Crippen LogP contribution in [0.2, 0.25) is 0 Å². The van der Waals surface area contributed by atoms with Crippen LogP contribution in [0, 0.1) is 26.7 Å². The van der Waals surface area contributed by atoms with Gasteiger partial charge in [-0.15, -0.1) is 0 Å². The summed E-state index contributed by atoms with van der Waals surface area (Å²) in [4.78, 5) is 14.8. The second-order valence-corrected chi connectivity index (χ2v) is 7.23. The predicted octanol–water partition coefficient (Wildman–Crippen LogP) is 3.98. The first-order valence-corrected chi connectivity index (χ1v) is 8.81. The zero-order valence-corrected chi connectivity index (χ0v) is 15.1. The lowest BCUT2D eigenvalue weighted by Crippen LogP contribution is -2.39. The molecule has 1 N–H and O–H groups in total. The van der Waals surface area contributed by atoms with Crippen molar-refractivity contribution in [1.82, 2.24) is 4.90 Å². The highest BCUT2D eigenvalue weighted by molar-refractivity contribution is 6.00. The van der Waals surface area contributed by atoms with Crippen LogP contribution < -0.4 is 0 Å². The SMILES string of the molecule is Cc1ccc(C)c2c(C)c(C(=O)N(C)C3CCC(CO)CC3)oc12. The Morgan fingerprint density at radius 3 is 2.38 bits per heavy atom. The van der Waals surface area contributed by atoms with Gasteiger partial charge in [0.05, 0.1) is 0 Å². The van der Waals surface area contributed by atoms with E-state index in [2.05, 4.69) is 13.0 Å². The van der Waals surface area contributed by atoms with Gasteiger partial charge < -0.3 is 14.4 Å². The van der Waals surface area contributed by atoms with Crippen LogP contribution in [-0.2, 0) is 0 Å². The highest BCUT2D eigenvalue weighted by Gasteiger charge is 2.30. The first-order chi connectivity index (χ1) is 11.4. The number of hydrogen-bond donors (Lipinski definition) is 1. The van der Waals surface area contributed by atoms with Crippen molar-refractivity contribution < 1.29 is 14.3 Å². The van der Waals surface area contributed by atoms with Crippen LogP contribution in [0.4, 0.5) is 0 Å². The molecule has 3 rings (SSSR count). The molecule has 1 saturated carbocycles. The largest absolute Gasteiger partial charge is 0.450 e. The average Bonchev–Trinajstić information content (AvgIpc) is 2.95. The number of carbonyl (C=O) groups excluding carboxylic acids is 1. The van der Waals surface area contributed by atoms with E-state index in [4.69, 9.17) is 4.42 Å². The molecule has 0 aliphatic heterocycles. The third-order valence-corrected chi connectivity index (χ3v) is 5.62. The summed E-state index contributed by atoms with van der Waals surface area (Å²) >= 11 is 0. The van der Waals surface area contributed by atoms with Gasteiger partial charge in [-0.25, -0.2) is 0 Å². The maximum absolute atomic E-state index is 13.0. The molecule has 1 aliphatic carbocycles. The summed E-state index contributed by atoms with van der Waals surface area (Å²) in [6, 6.07) is 4.35. The number of amides is 1. The fraction of sp³-hybridized carbons (Fsp3) is 0.550. The Balaban J connectivity index is 1.88. The first kappa shape index (κ1) is 17.0. The molecule has 1 aromatic carbocycles. The molecule has 24 heavy (non-hydrogen) atoms. The molecule has 1 fully saturated rings. The molecule has 1 amide bonds. The molecule has 1 aromatic heterocycles. The summed E-state index contributed by atoms with van der Waals surface area (Å²) < 4.78 is 6.00. The van der Waals surface area contributed by atoms with E-state index in [1.54, 1.807) is 0 Å². The van der Waals surface area contributed by atoms with Gasteiger partial charge in [-0.1, -0.05) is 12.1 Å². The van der Waals surface area contributed by atoms with E-state index in [1.807, 2.05) is 31.9 Å². The van der Waals surface area contributed by atoms with Crippen LogP contribution in [-0.4, -0.2) is 35.6 Å². The highest BCUT2D eigenvalue weighted by Crippen LogP contribution is 2.33. The first-order valence-electron chi connectivity index (χ1n) is 8.81. The Kier molecular flexibility index (Phi) is 4.68. The summed E-state index contributed by atoms with van der Waals surface area (Å²) in [6.45, 7) is 6.30. The second-order valence-electron chi connectivity index (χ2n) is 7.23. The molecule has 0 bridgehead atoms. The normalized spacial score (nSPS) is 21.2. The molecule has 0 radical (unpaired) electrons. The second kappa shape index (κ2) is 6.60. The number of nitrogens with zero attached hydrogens (tertiary/aromatic N) is 1. The monoisotopic (exact) mass is 329 g/mol. The maximum atomic E-state index is 13.0. The molecule has 1 aliphatic rings. The number of benzene rings is 1. The standard InChI is InChI=1S/C20H27NO3/c1-12-5-6-13(2)18-17(12)14(3)19(24-18)20(23)21(4)16-9-7-15(11-22)8-10-16/h5-6,15-16,22H,7-11H2,1-4H3. The number of aryl methyl sites for hydroxylation is 3. The molecular weight excluding hydrogens is 302 g/mol. The quantitative estimate of drug-likeness (QED) is 0.926. The number of aliphatic hydroxyl groups is 1. The Labute approximate surface area is 143 Å². The summed E-state index contributed by atoms with van der Waals surface area (Å²) in [5, 5.41) is 10.3. The van der Waals surface area contributed by atoms with Gasteiger partial charge in [0.1, 0.15) is 5.58 Å². The van der Waals surface area contributed by atoms with Crippen LogP contribution in [0.15, 0.2) is 16.5 Å². The van der Waals surface area contributed by atoms with Gasteiger partial charge in [0.2, 0.25) is 0 Å². The number of fused-ring (bicyclic) bond motifs is 1. The Morgan fingerprint density at radius 1 is 1.17 bits per heavy atom. The van der Waals surface area contributed by atoms with Crippen molar-refractivity contribution >= 4 is 16.9 Å². The van der Waals surface area contributed by atoms with Crippen LogP contribution in [0.25, 0.3) is 11.0 Å². The molecule has 0 spiro atoms. The lowest BCUT2D eigenvalue weighted by Gasteiger charge is -2.33. The van der Waals surface area contributed by atoms with E-state index < -0.39 is 0 Å². The minimum atomic E-state index is -0.0325. The number of rotatable bonds is 3. The number of furan rings is 1. The molecule has 130 valence electrons. The van der Waals surface area contributed by atoms with Crippen molar-refractivity contribution in [2.45, 2.75) is 52.5 Å². The predicted molar refractivity (Wildman–Crippen MR) is 95.4 cm³/mol. The van der Waals surface area contributed by atoms with Crippen LogP contribution in [0.3, 0.4) is 0 Å². The van der Waals surface area contributed by atoms with Crippen LogP contribution in [0.1, 0.15) is 52.9 Å². The number of hydrogen-bond acceptors (Lipinski definition) is 3. The lowest BCUT2D eigenvalue weighted by atomic mass is 9.86. The van der Waals surface area contributed by atoms with E-state index in [9.17, 15) is 9.90 Å².